The summed E-state index contributed by atoms with van der Waals surface area (Å²) in [6.45, 7) is 0.686. The molecule has 0 saturated heterocycles. The van der Waals surface area contributed by atoms with Crippen molar-refractivity contribution in [2.24, 2.45) is 5.92 Å². The average Bonchev–Trinajstić information content (AvgIpc) is 2.78. The first-order valence-electron chi connectivity index (χ1n) is 5.76. The predicted octanol–water partition coefficient (Wildman–Crippen LogP) is 2.50. The van der Waals surface area contributed by atoms with Gasteiger partial charge in [-0.2, -0.15) is 8.42 Å². The molecular weight excluding hydrogens is 240 g/mol. The molecule has 5 heteroatoms. The van der Waals surface area contributed by atoms with E-state index >= 15 is 0 Å². The third kappa shape index (κ3) is 3.44. The fourth-order valence-corrected chi connectivity index (χ4v) is 2.58. The fourth-order valence-electron chi connectivity index (χ4n) is 2.10. The highest BCUT2D eigenvalue weighted by Gasteiger charge is 2.15. The maximum Gasteiger partial charge on any atom is 0.294 e. The van der Waals surface area contributed by atoms with Crippen molar-refractivity contribution in [3.63, 3.8) is 0 Å². The van der Waals surface area contributed by atoms with Crippen LogP contribution < -0.4 is 4.74 Å². The van der Waals surface area contributed by atoms with Crippen molar-refractivity contribution < 1.29 is 17.7 Å². The smallest absolute Gasteiger partial charge is 0.294 e. The van der Waals surface area contributed by atoms with Crippen LogP contribution in [-0.4, -0.2) is 19.6 Å². The third-order valence-corrected chi connectivity index (χ3v) is 3.95. The van der Waals surface area contributed by atoms with Gasteiger partial charge in [0.15, 0.2) is 0 Å². The third-order valence-electron chi connectivity index (χ3n) is 3.08. The Morgan fingerprint density at radius 2 is 1.76 bits per heavy atom. The van der Waals surface area contributed by atoms with Crippen molar-refractivity contribution in [1.82, 2.24) is 0 Å². The number of hydrogen-bond acceptors (Lipinski definition) is 3. The Kier molecular flexibility index (Phi) is 3.69. The Bertz CT molecular complexity index is 458. The fraction of sp³-hybridized carbons (Fsp3) is 0.500. The van der Waals surface area contributed by atoms with Gasteiger partial charge in [-0.3, -0.25) is 4.55 Å². The van der Waals surface area contributed by atoms with E-state index in [1.807, 2.05) is 0 Å². The average molecular weight is 256 g/mol. The Morgan fingerprint density at radius 3 is 2.29 bits per heavy atom. The zero-order valence-electron chi connectivity index (χ0n) is 9.50. The van der Waals surface area contributed by atoms with Crippen LogP contribution >= 0.6 is 0 Å². The standard InChI is InChI=1S/C12H16O4S/c13-17(14,15)12-7-5-11(6-8-12)16-9-10-3-1-2-4-10/h5-8,10H,1-4,9H2,(H,13,14,15). The molecule has 0 radical (unpaired) electrons. The number of rotatable bonds is 4. The molecular formula is C12H16O4S. The van der Waals surface area contributed by atoms with Gasteiger partial charge in [-0.15, -0.1) is 0 Å². The predicted molar refractivity (Wildman–Crippen MR) is 63.7 cm³/mol. The molecule has 0 aliphatic heterocycles. The Hall–Kier alpha value is -1.07. The normalized spacial score (nSPS) is 17.2. The summed E-state index contributed by atoms with van der Waals surface area (Å²) >= 11 is 0. The van der Waals surface area contributed by atoms with Gasteiger partial charge in [-0.1, -0.05) is 12.8 Å². The maximum atomic E-state index is 10.8. The van der Waals surface area contributed by atoms with Crippen LogP contribution in [0.15, 0.2) is 29.2 Å². The van der Waals surface area contributed by atoms with Crippen LogP contribution in [0, 0.1) is 5.92 Å². The van der Waals surface area contributed by atoms with Crippen molar-refractivity contribution >= 4 is 10.1 Å². The van der Waals surface area contributed by atoms with Crippen molar-refractivity contribution in [1.29, 1.82) is 0 Å². The van der Waals surface area contributed by atoms with Gasteiger partial charge >= 0.3 is 0 Å². The van der Waals surface area contributed by atoms with Crippen LogP contribution in [0.3, 0.4) is 0 Å². The lowest BCUT2D eigenvalue weighted by Gasteiger charge is -2.11. The van der Waals surface area contributed by atoms with Crippen LogP contribution in [0.2, 0.25) is 0 Å². The molecule has 1 aromatic carbocycles. The molecule has 0 aromatic heterocycles. The largest absolute Gasteiger partial charge is 0.493 e. The topological polar surface area (TPSA) is 63.6 Å². The van der Waals surface area contributed by atoms with E-state index in [-0.39, 0.29) is 4.90 Å². The molecule has 2 rings (SSSR count). The van der Waals surface area contributed by atoms with Crippen molar-refractivity contribution in [2.75, 3.05) is 6.61 Å². The summed E-state index contributed by atoms with van der Waals surface area (Å²) in [6, 6.07) is 5.83. The summed E-state index contributed by atoms with van der Waals surface area (Å²) < 4.78 is 36.0. The molecule has 0 spiro atoms. The molecule has 0 bridgehead atoms. The van der Waals surface area contributed by atoms with Gasteiger partial charge in [-0.05, 0) is 43.0 Å². The van der Waals surface area contributed by atoms with Crippen LogP contribution in [0.1, 0.15) is 25.7 Å². The highest BCUT2D eigenvalue weighted by atomic mass is 32.2. The van der Waals surface area contributed by atoms with E-state index in [0.717, 1.165) is 0 Å². The van der Waals surface area contributed by atoms with Crippen LogP contribution in [0.5, 0.6) is 5.75 Å². The lowest BCUT2D eigenvalue weighted by molar-refractivity contribution is 0.252. The minimum atomic E-state index is -4.11. The molecule has 94 valence electrons. The SMILES string of the molecule is O=S(=O)(O)c1ccc(OCC2CCCC2)cc1. The lowest BCUT2D eigenvalue weighted by Crippen LogP contribution is -2.08. The molecule has 1 aromatic rings. The minimum absolute atomic E-state index is 0.106. The summed E-state index contributed by atoms with van der Waals surface area (Å²) in [5.41, 5.74) is 0. The molecule has 17 heavy (non-hydrogen) atoms. The first-order valence-corrected chi connectivity index (χ1v) is 7.20. The molecule has 4 nitrogen and oxygen atoms in total. The van der Waals surface area contributed by atoms with Crippen molar-refractivity contribution in [3.05, 3.63) is 24.3 Å². The summed E-state index contributed by atoms with van der Waals surface area (Å²) in [5, 5.41) is 0. The van der Waals surface area contributed by atoms with E-state index in [1.165, 1.54) is 37.8 Å². The van der Waals surface area contributed by atoms with E-state index in [9.17, 15) is 8.42 Å². The summed E-state index contributed by atoms with van der Waals surface area (Å²) in [6.07, 6.45) is 4.97. The Morgan fingerprint density at radius 1 is 1.18 bits per heavy atom. The van der Waals surface area contributed by atoms with Gasteiger partial charge in [0.1, 0.15) is 5.75 Å². The molecule has 0 amide bonds. The highest BCUT2D eigenvalue weighted by Crippen LogP contribution is 2.25. The minimum Gasteiger partial charge on any atom is -0.493 e. The van der Waals surface area contributed by atoms with Gasteiger partial charge < -0.3 is 4.74 Å². The zero-order valence-corrected chi connectivity index (χ0v) is 10.3. The van der Waals surface area contributed by atoms with Crippen LogP contribution in [0.25, 0.3) is 0 Å². The number of ether oxygens (including phenoxy) is 1. The van der Waals surface area contributed by atoms with Crippen molar-refractivity contribution in [3.8, 4) is 5.75 Å². The molecule has 1 fully saturated rings. The van der Waals surface area contributed by atoms with Crippen LogP contribution in [0.4, 0.5) is 0 Å². The summed E-state index contributed by atoms with van der Waals surface area (Å²) in [5.74, 6) is 1.26. The second-order valence-electron chi connectivity index (χ2n) is 4.41. The molecule has 0 heterocycles. The van der Waals surface area contributed by atoms with E-state index in [0.29, 0.717) is 18.3 Å². The van der Waals surface area contributed by atoms with Gasteiger partial charge in [-0.25, -0.2) is 0 Å². The first-order chi connectivity index (χ1) is 8.05. The van der Waals surface area contributed by atoms with E-state index in [1.54, 1.807) is 12.1 Å². The van der Waals surface area contributed by atoms with Gasteiger partial charge in [0.25, 0.3) is 10.1 Å². The van der Waals surface area contributed by atoms with E-state index in [2.05, 4.69) is 0 Å². The van der Waals surface area contributed by atoms with E-state index in [4.69, 9.17) is 9.29 Å². The second-order valence-corrected chi connectivity index (χ2v) is 5.83. The van der Waals surface area contributed by atoms with Crippen LogP contribution in [-0.2, 0) is 10.1 Å². The number of hydrogen-bond donors (Lipinski definition) is 1. The lowest BCUT2D eigenvalue weighted by atomic mass is 10.1. The zero-order chi connectivity index (χ0) is 12.3. The highest BCUT2D eigenvalue weighted by molar-refractivity contribution is 7.85. The Labute approximate surface area is 101 Å². The summed E-state index contributed by atoms with van der Waals surface area (Å²) in [4.78, 5) is -0.106. The molecule has 1 aliphatic rings. The molecule has 0 unspecified atom stereocenters. The summed E-state index contributed by atoms with van der Waals surface area (Å²) in [7, 11) is -4.11. The maximum absolute atomic E-state index is 10.8. The van der Waals surface area contributed by atoms with Gasteiger partial charge in [0.2, 0.25) is 0 Å². The molecule has 0 atom stereocenters. The molecule has 1 aliphatic carbocycles. The van der Waals surface area contributed by atoms with Gasteiger partial charge in [0.05, 0.1) is 11.5 Å². The first kappa shape index (κ1) is 12.4. The molecule has 1 N–H and O–H groups in total. The second kappa shape index (κ2) is 5.06. The Balaban J connectivity index is 1.94. The molecule has 1 saturated carbocycles. The monoisotopic (exact) mass is 256 g/mol. The van der Waals surface area contributed by atoms with Gasteiger partial charge in [0, 0.05) is 0 Å². The van der Waals surface area contributed by atoms with Crippen molar-refractivity contribution in [2.45, 2.75) is 30.6 Å². The van der Waals surface area contributed by atoms with E-state index < -0.39 is 10.1 Å². The number of benzene rings is 1. The quantitative estimate of drug-likeness (QED) is 0.841.